The van der Waals surface area contributed by atoms with Crippen molar-refractivity contribution in [3.05, 3.63) is 53.9 Å². The Bertz CT molecular complexity index is 927. The summed E-state index contributed by atoms with van der Waals surface area (Å²) >= 11 is 0. The van der Waals surface area contributed by atoms with Gasteiger partial charge in [-0.3, -0.25) is 4.79 Å². The van der Waals surface area contributed by atoms with E-state index in [0.717, 1.165) is 11.4 Å². The van der Waals surface area contributed by atoms with Crippen LogP contribution in [0.1, 0.15) is 17.4 Å². The van der Waals surface area contributed by atoms with Crippen LogP contribution >= 0.6 is 0 Å². The molecular formula is C21H26FN5O2. The summed E-state index contributed by atoms with van der Waals surface area (Å²) in [6.45, 7) is 3.87. The minimum Gasteiger partial charge on any atom is -0.340 e. The van der Waals surface area contributed by atoms with Crippen LogP contribution in [0.4, 0.5) is 9.18 Å². The topological polar surface area (TPSA) is 61.7 Å². The van der Waals surface area contributed by atoms with Gasteiger partial charge in [0.15, 0.2) is 0 Å². The van der Waals surface area contributed by atoms with Crippen LogP contribution in [-0.2, 0) is 11.3 Å². The van der Waals surface area contributed by atoms with Gasteiger partial charge in [0.2, 0.25) is 5.91 Å². The van der Waals surface area contributed by atoms with Crippen molar-refractivity contribution >= 4 is 11.9 Å². The Morgan fingerprint density at radius 2 is 2.03 bits per heavy atom. The summed E-state index contributed by atoms with van der Waals surface area (Å²) in [5.74, 6) is 0.806. The average Bonchev–Trinajstić information content (AvgIpc) is 3.35. The first-order chi connectivity index (χ1) is 13.8. The summed E-state index contributed by atoms with van der Waals surface area (Å²) in [6.07, 6.45) is 3.49. The number of hydrogen-bond acceptors (Lipinski definition) is 3. The normalized spacial score (nSPS) is 23.4. The maximum absolute atomic E-state index is 13.9. The molecule has 2 aromatic rings. The number of aromatic nitrogens is 2. The third kappa shape index (κ3) is 3.59. The molecule has 1 aromatic heterocycles. The van der Waals surface area contributed by atoms with E-state index in [0.29, 0.717) is 19.6 Å². The number of urea groups is 1. The van der Waals surface area contributed by atoms with Crippen LogP contribution in [0, 0.1) is 24.6 Å². The summed E-state index contributed by atoms with van der Waals surface area (Å²) in [5.41, 5.74) is 0.785. The van der Waals surface area contributed by atoms with E-state index in [1.807, 2.05) is 27.4 Å². The molecule has 0 N–H and O–H groups in total. The molecule has 0 radical (unpaired) electrons. The molecule has 3 atom stereocenters. The molecule has 2 saturated heterocycles. The van der Waals surface area contributed by atoms with Crippen molar-refractivity contribution in [2.45, 2.75) is 19.5 Å². The quantitative estimate of drug-likeness (QED) is 0.795. The van der Waals surface area contributed by atoms with Crippen molar-refractivity contribution in [3.8, 4) is 0 Å². The van der Waals surface area contributed by atoms with Gasteiger partial charge in [-0.1, -0.05) is 12.1 Å². The van der Waals surface area contributed by atoms with Gasteiger partial charge in [0.05, 0.1) is 6.04 Å². The summed E-state index contributed by atoms with van der Waals surface area (Å²) in [5, 5.41) is 0. The lowest BCUT2D eigenvalue weighted by molar-refractivity contribution is -0.131. The fraction of sp³-hybridized carbons (Fsp3) is 0.476. The molecule has 3 amide bonds. The monoisotopic (exact) mass is 399 g/mol. The second kappa shape index (κ2) is 7.50. The maximum atomic E-state index is 13.9. The fourth-order valence-corrected chi connectivity index (χ4v) is 4.64. The highest BCUT2D eigenvalue weighted by atomic mass is 19.1. The largest absolute Gasteiger partial charge is 0.340 e. The summed E-state index contributed by atoms with van der Waals surface area (Å²) in [4.78, 5) is 35.0. The fourth-order valence-electron chi connectivity index (χ4n) is 4.64. The van der Waals surface area contributed by atoms with Gasteiger partial charge < -0.3 is 19.3 Å². The zero-order valence-corrected chi connectivity index (χ0v) is 17.0. The van der Waals surface area contributed by atoms with Crippen LogP contribution < -0.4 is 0 Å². The Labute approximate surface area is 169 Å². The van der Waals surface area contributed by atoms with Gasteiger partial charge >= 0.3 is 6.03 Å². The number of benzene rings is 1. The van der Waals surface area contributed by atoms with Crippen LogP contribution in [0.3, 0.4) is 0 Å². The molecule has 7 nitrogen and oxygen atoms in total. The number of rotatable bonds is 3. The number of hydrogen-bond donors (Lipinski definition) is 0. The van der Waals surface area contributed by atoms with Gasteiger partial charge in [0.1, 0.15) is 18.2 Å². The molecule has 0 spiro atoms. The maximum Gasteiger partial charge on any atom is 0.320 e. The van der Waals surface area contributed by atoms with Crippen LogP contribution in [0.5, 0.6) is 0 Å². The summed E-state index contributed by atoms with van der Waals surface area (Å²) < 4.78 is 15.8. The highest BCUT2D eigenvalue weighted by Gasteiger charge is 2.50. The zero-order valence-electron chi connectivity index (χ0n) is 17.0. The van der Waals surface area contributed by atoms with E-state index >= 15 is 0 Å². The molecule has 0 unspecified atom stereocenters. The Morgan fingerprint density at radius 1 is 1.24 bits per heavy atom. The van der Waals surface area contributed by atoms with Crippen LogP contribution in [0.2, 0.25) is 0 Å². The van der Waals surface area contributed by atoms with E-state index in [1.165, 1.54) is 12.1 Å². The van der Waals surface area contributed by atoms with Crippen LogP contribution in [0.25, 0.3) is 0 Å². The summed E-state index contributed by atoms with van der Waals surface area (Å²) in [7, 11) is 3.45. The SMILES string of the molecule is Cc1nccn1CC(=O)N1C[C@@H]2CN(C(=O)N(C)C)[C@H](c3cccc(F)c3)[C@@H]2C1. The number of halogens is 1. The molecule has 2 aliphatic rings. The van der Waals surface area contributed by atoms with E-state index in [2.05, 4.69) is 4.98 Å². The van der Waals surface area contributed by atoms with Gasteiger partial charge in [-0.15, -0.1) is 0 Å². The van der Waals surface area contributed by atoms with Crippen LogP contribution in [-0.4, -0.2) is 69.9 Å². The molecule has 3 heterocycles. The number of imidazole rings is 1. The lowest BCUT2D eigenvalue weighted by atomic mass is 9.89. The number of nitrogens with zero attached hydrogens (tertiary/aromatic N) is 5. The molecule has 1 aromatic carbocycles. The molecule has 2 fully saturated rings. The molecule has 0 saturated carbocycles. The molecule has 0 bridgehead atoms. The number of amides is 3. The Hall–Kier alpha value is -2.90. The highest BCUT2D eigenvalue weighted by molar-refractivity contribution is 5.77. The van der Waals surface area contributed by atoms with E-state index < -0.39 is 0 Å². The third-order valence-electron chi connectivity index (χ3n) is 6.06. The molecule has 29 heavy (non-hydrogen) atoms. The van der Waals surface area contributed by atoms with Gasteiger partial charge in [0.25, 0.3) is 0 Å². The number of fused-ring (bicyclic) bond motifs is 1. The van der Waals surface area contributed by atoms with Gasteiger partial charge in [-0.2, -0.15) is 0 Å². The van der Waals surface area contributed by atoms with Crippen molar-refractivity contribution in [2.75, 3.05) is 33.7 Å². The Morgan fingerprint density at radius 3 is 2.69 bits per heavy atom. The molecule has 154 valence electrons. The third-order valence-corrected chi connectivity index (χ3v) is 6.06. The predicted octanol–water partition coefficient (Wildman–Crippen LogP) is 2.14. The van der Waals surface area contributed by atoms with Crippen molar-refractivity contribution in [1.82, 2.24) is 24.3 Å². The number of carbonyl (C=O) groups excluding carboxylic acids is 2. The number of carbonyl (C=O) groups is 2. The van der Waals surface area contributed by atoms with Crippen molar-refractivity contribution in [3.63, 3.8) is 0 Å². The Balaban J connectivity index is 1.56. The first-order valence-electron chi connectivity index (χ1n) is 9.84. The second-order valence-corrected chi connectivity index (χ2v) is 8.15. The van der Waals surface area contributed by atoms with Gasteiger partial charge in [0, 0.05) is 58.0 Å². The minimum absolute atomic E-state index is 0.0454. The van der Waals surface area contributed by atoms with E-state index in [-0.39, 0.29) is 42.2 Å². The van der Waals surface area contributed by atoms with Gasteiger partial charge in [-0.25, -0.2) is 14.2 Å². The lowest BCUT2D eigenvalue weighted by Crippen LogP contribution is -2.42. The molecule has 8 heteroatoms. The Kier molecular flexibility index (Phi) is 5.02. The van der Waals surface area contributed by atoms with Crippen LogP contribution in [0.15, 0.2) is 36.7 Å². The number of aryl methyl sites for hydroxylation is 1. The van der Waals surface area contributed by atoms with Crippen molar-refractivity contribution in [1.29, 1.82) is 0 Å². The molecule has 2 aliphatic heterocycles. The van der Waals surface area contributed by atoms with E-state index in [4.69, 9.17) is 0 Å². The van der Waals surface area contributed by atoms with Crippen molar-refractivity contribution in [2.24, 2.45) is 11.8 Å². The summed E-state index contributed by atoms with van der Waals surface area (Å²) in [6, 6.07) is 6.13. The zero-order chi connectivity index (χ0) is 20.7. The van der Waals surface area contributed by atoms with E-state index in [1.54, 1.807) is 37.5 Å². The second-order valence-electron chi connectivity index (χ2n) is 8.15. The smallest absolute Gasteiger partial charge is 0.320 e. The molecule has 0 aliphatic carbocycles. The first kappa shape index (κ1) is 19.4. The standard InChI is InChI=1S/C21H26FN5O2/c1-14-23-7-8-25(14)13-19(28)26-10-16-11-27(21(29)24(2)3)20(18(16)12-26)15-5-4-6-17(22)9-15/h4-9,16,18,20H,10-13H2,1-3H3/t16-,18-,20-/m1/s1. The average molecular weight is 399 g/mol. The first-order valence-corrected chi connectivity index (χ1v) is 9.84. The van der Waals surface area contributed by atoms with Gasteiger partial charge in [-0.05, 0) is 24.6 Å². The number of likely N-dealkylation sites (tertiary alicyclic amines) is 2. The molecule has 4 rings (SSSR count). The minimum atomic E-state index is -0.315. The highest BCUT2D eigenvalue weighted by Crippen LogP contribution is 2.45. The van der Waals surface area contributed by atoms with Crippen molar-refractivity contribution < 1.29 is 14.0 Å². The molecular weight excluding hydrogens is 373 g/mol. The lowest BCUT2D eigenvalue weighted by Gasteiger charge is -2.32. The predicted molar refractivity (Wildman–Crippen MR) is 105 cm³/mol. The van der Waals surface area contributed by atoms with E-state index in [9.17, 15) is 14.0 Å².